The fourth-order valence-corrected chi connectivity index (χ4v) is 14.7. The normalized spacial score (nSPS) is 15.6. The number of aromatic nitrogens is 2. The van der Waals surface area contributed by atoms with Crippen molar-refractivity contribution in [1.82, 2.24) is 9.13 Å². The molecule has 6 heteroatoms. The summed E-state index contributed by atoms with van der Waals surface area (Å²) in [4.78, 5) is 0. The molecule has 2 aromatic heterocycles. The maximum Gasteiger partial charge on any atom is 0.147 e. The molecule has 0 radical (unpaired) electrons. The molecule has 0 amide bonds. The fourth-order valence-electron chi connectivity index (χ4n) is 14.7. The van der Waals surface area contributed by atoms with E-state index in [9.17, 15) is 10.2 Å². The number of fused-ring (bicyclic) bond motifs is 6. The summed E-state index contributed by atoms with van der Waals surface area (Å²) in [7, 11) is 0. The monoisotopic (exact) mass is 1220 g/mol. The van der Waals surface area contributed by atoms with Crippen LogP contribution >= 0.6 is 0 Å². The number of ether oxygens (including phenoxy) is 2. The summed E-state index contributed by atoms with van der Waals surface area (Å²) in [5.74, 6) is 2.45. The molecule has 2 atom stereocenters. The van der Waals surface area contributed by atoms with Crippen molar-refractivity contribution < 1.29 is 19.7 Å². The van der Waals surface area contributed by atoms with Gasteiger partial charge in [-0.3, -0.25) is 0 Å². The number of nitrogens with zero attached hydrogens (tertiary/aromatic N) is 2. The van der Waals surface area contributed by atoms with Gasteiger partial charge in [-0.25, -0.2) is 0 Å². The minimum absolute atomic E-state index is 0.0326. The number of hydrogen-bond acceptors (Lipinski definition) is 4. The second kappa shape index (κ2) is 24.6. The summed E-state index contributed by atoms with van der Waals surface area (Å²) in [6, 6.07) is 53.3. The molecule has 1 aliphatic carbocycles. The number of hydrogen-bond donors (Lipinski definition) is 2. The van der Waals surface area contributed by atoms with E-state index in [4.69, 9.17) is 9.47 Å². The minimum Gasteiger partial charge on any atom is -0.505 e. The first kappa shape index (κ1) is 65.1. The Morgan fingerprint density at radius 1 is 0.418 bits per heavy atom. The van der Waals surface area contributed by atoms with E-state index in [0.29, 0.717) is 13.2 Å². The van der Waals surface area contributed by atoms with Crippen LogP contribution in [0.15, 0.2) is 146 Å². The van der Waals surface area contributed by atoms with Crippen LogP contribution < -0.4 is 9.47 Å². The van der Waals surface area contributed by atoms with Crippen LogP contribution in [0.4, 0.5) is 0 Å². The van der Waals surface area contributed by atoms with Gasteiger partial charge in [0.2, 0.25) is 0 Å². The molecule has 11 rings (SSSR count). The Morgan fingerprint density at radius 2 is 0.802 bits per heavy atom. The predicted molar refractivity (Wildman–Crippen MR) is 387 cm³/mol. The highest BCUT2D eigenvalue weighted by molar-refractivity contribution is 6.11. The van der Waals surface area contributed by atoms with E-state index in [0.717, 1.165) is 131 Å². The van der Waals surface area contributed by atoms with Gasteiger partial charge in [0.05, 0.1) is 46.7 Å². The molecule has 0 saturated heterocycles. The Labute approximate surface area is 545 Å². The number of aromatic hydroxyl groups is 2. The third-order valence-corrected chi connectivity index (χ3v) is 20.4. The first-order chi connectivity index (χ1) is 42.9. The summed E-state index contributed by atoms with van der Waals surface area (Å²) in [5, 5.41) is 31.0. The van der Waals surface area contributed by atoms with Crippen molar-refractivity contribution in [2.24, 2.45) is 17.3 Å². The lowest BCUT2D eigenvalue weighted by Gasteiger charge is -2.34. The zero-order valence-electron chi connectivity index (χ0n) is 58.4. The van der Waals surface area contributed by atoms with Crippen molar-refractivity contribution in [2.45, 2.75) is 209 Å². The van der Waals surface area contributed by atoms with Gasteiger partial charge in [-0.15, -0.1) is 0 Å². The highest BCUT2D eigenvalue weighted by atomic mass is 16.5. The van der Waals surface area contributed by atoms with Crippen LogP contribution in [0, 0.1) is 17.3 Å². The third kappa shape index (κ3) is 13.1. The van der Waals surface area contributed by atoms with Gasteiger partial charge in [-0.05, 0) is 201 Å². The summed E-state index contributed by atoms with van der Waals surface area (Å²) in [6.07, 6.45) is 9.50. The van der Waals surface area contributed by atoms with Gasteiger partial charge in [0.1, 0.15) is 23.0 Å². The van der Waals surface area contributed by atoms with Crippen molar-refractivity contribution in [3.63, 3.8) is 0 Å². The molecule has 0 spiro atoms. The Balaban J connectivity index is 0.945. The van der Waals surface area contributed by atoms with Crippen molar-refractivity contribution in [1.29, 1.82) is 0 Å². The SMILES string of the molecule is CCCCc1ccc2c(c1)c1cc(C(C)(C)C)ccc1n2-c1cc(C(C)(C)CC(C)(C)C)cc(-c2ccccc2OC[C@@H]2CCCC[C@H]2COc2ccccc2-c2cc(C(C)(C)CC)cc(-n3c4ccc(C(C)(C)C)cc4c4cc(C(C)(C)C)ccc43)c2O)c1O. The van der Waals surface area contributed by atoms with Gasteiger partial charge >= 0.3 is 0 Å². The van der Waals surface area contributed by atoms with E-state index < -0.39 is 0 Å². The van der Waals surface area contributed by atoms with Gasteiger partial charge in [0, 0.05) is 43.8 Å². The molecular weight excluding hydrogens is 1110 g/mol. The molecule has 91 heavy (non-hydrogen) atoms. The van der Waals surface area contributed by atoms with Crippen LogP contribution in [0.1, 0.15) is 209 Å². The maximum atomic E-state index is 13.2. The number of rotatable bonds is 17. The molecule has 1 fully saturated rings. The van der Waals surface area contributed by atoms with Crippen LogP contribution in [-0.2, 0) is 33.5 Å². The molecule has 1 saturated carbocycles. The maximum absolute atomic E-state index is 13.2. The highest BCUT2D eigenvalue weighted by Gasteiger charge is 2.34. The van der Waals surface area contributed by atoms with Gasteiger partial charge < -0.3 is 28.8 Å². The van der Waals surface area contributed by atoms with Gasteiger partial charge in [-0.2, -0.15) is 0 Å². The highest BCUT2D eigenvalue weighted by Crippen LogP contribution is 2.50. The standard InChI is InChI=1S/C85H104N2O4/c1-19-21-28-54-35-39-70-64(43-54)65-44-57(81(6,7)8)36-40-71(65)86(70)75-50-61(85(17,18)53-80(3,4)5)48-69(79(75)89)63-32-25-27-34-77(63)91-52-56-30-23-22-29-55(56)51-90-76-33-26-24-31-62(76)68-47-60(84(15,16)20-2)49-74(78(68)88)87-72-41-37-58(82(9,10)11)45-66(72)67-46-59(83(12,13)14)38-42-73(67)87/h24-27,31-50,55-56,88-89H,19-23,28-30,51-53H2,1-18H3/t55-,56-/m0/s1. The van der Waals surface area contributed by atoms with Gasteiger partial charge in [0.25, 0.3) is 0 Å². The van der Waals surface area contributed by atoms with E-state index in [1.54, 1.807) is 0 Å². The number of phenols is 2. The number of unbranched alkanes of at least 4 members (excludes halogenated alkanes) is 1. The van der Waals surface area contributed by atoms with E-state index >= 15 is 0 Å². The number of aryl methyl sites for hydroxylation is 1. The Bertz CT molecular complexity index is 4250. The van der Waals surface area contributed by atoms with E-state index in [-0.39, 0.29) is 55.8 Å². The molecule has 0 unspecified atom stereocenters. The number of para-hydroxylation sites is 2. The second-order valence-corrected chi connectivity index (χ2v) is 32.6. The molecule has 0 bridgehead atoms. The van der Waals surface area contributed by atoms with Crippen LogP contribution in [-0.4, -0.2) is 32.6 Å². The molecule has 10 aromatic rings. The van der Waals surface area contributed by atoms with Gasteiger partial charge in [0.15, 0.2) is 0 Å². The van der Waals surface area contributed by atoms with Crippen LogP contribution in [0.3, 0.4) is 0 Å². The number of phenolic OH excluding ortho intramolecular Hbond substituents is 2. The second-order valence-electron chi connectivity index (χ2n) is 32.6. The zero-order valence-corrected chi connectivity index (χ0v) is 58.4. The average Bonchev–Trinajstić information content (AvgIpc) is 1.61. The lowest BCUT2D eigenvalue weighted by atomic mass is 9.71. The van der Waals surface area contributed by atoms with E-state index in [1.165, 1.54) is 49.4 Å². The van der Waals surface area contributed by atoms with Crippen molar-refractivity contribution in [2.75, 3.05) is 13.2 Å². The average molecular weight is 1220 g/mol. The van der Waals surface area contributed by atoms with Crippen LogP contribution in [0.2, 0.25) is 0 Å². The smallest absolute Gasteiger partial charge is 0.147 e. The summed E-state index contributed by atoms with van der Waals surface area (Å²) >= 11 is 0. The van der Waals surface area contributed by atoms with Gasteiger partial charge in [-0.1, -0.05) is 205 Å². The summed E-state index contributed by atoms with van der Waals surface area (Å²) in [5.41, 5.74) is 16.2. The largest absolute Gasteiger partial charge is 0.505 e. The molecule has 1 aliphatic rings. The predicted octanol–water partition coefficient (Wildman–Crippen LogP) is 23.5. The van der Waals surface area contributed by atoms with Crippen LogP contribution in [0.5, 0.6) is 23.0 Å². The first-order valence-electron chi connectivity index (χ1n) is 34.2. The molecule has 2 heterocycles. The fraction of sp³-hybridized carbons (Fsp3) is 0.435. The Kier molecular flexibility index (Phi) is 17.6. The molecule has 2 N–H and O–H groups in total. The summed E-state index contributed by atoms with van der Waals surface area (Å²) in [6.45, 7) is 42.4. The van der Waals surface area contributed by atoms with Crippen LogP contribution in [0.25, 0.3) is 77.2 Å². The lowest BCUT2D eigenvalue weighted by molar-refractivity contribution is 0.105. The molecule has 0 aliphatic heterocycles. The zero-order chi connectivity index (χ0) is 65.3. The molecule has 6 nitrogen and oxygen atoms in total. The first-order valence-corrected chi connectivity index (χ1v) is 34.2. The third-order valence-electron chi connectivity index (χ3n) is 20.4. The molecule has 478 valence electrons. The lowest BCUT2D eigenvalue weighted by Crippen LogP contribution is -2.30. The Morgan fingerprint density at radius 3 is 1.19 bits per heavy atom. The van der Waals surface area contributed by atoms with Crippen molar-refractivity contribution in [3.05, 3.63) is 179 Å². The topological polar surface area (TPSA) is 68.8 Å². The van der Waals surface area contributed by atoms with E-state index in [1.807, 2.05) is 0 Å². The summed E-state index contributed by atoms with van der Waals surface area (Å²) < 4.78 is 18.9. The molecule has 8 aromatic carbocycles. The Hall–Kier alpha value is -7.44. The van der Waals surface area contributed by atoms with Crippen molar-refractivity contribution >= 4 is 43.6 Å². The minimum atomic E-state index is -0.236. The van der Waals surface area contributed by atoms with Crippen molar-refractivity contribution in [3.8, 4) is 56.6 Å². The molecular formula is C85H104N2O4. The number of benzene rings is 8. The quantitative estimate of drug-likeness (QED) is 0.0953. The van der Waals surface area contributed by atoms with E-state index in [2.05, 4.69) is 279 Å².